The maximum atomic E-state index is 4.12. The molecule has 6 heteroatoms. The van der Waals surface area contributed by atoms with Crippen LogP contribution in [0.1, 0.15) is 5.69 Å². The van der Waals surface area contributed by atoms with Crippen LogP contribution in [0.25, 0.3) is 0 Å². The molecule has 0 fully saturated rings. The molecule has 0 unspecified atom stereocenters. The van der Waals surface area contributed by atoms with Gasteiger partial charge in [-0.2, -0.15) is 0 Å². The number of H-pyrrole nitrogens is 1. The summed E-state index contributed by atoms with van der Waals surface area (Å²) in [6.45, 7) is 3.52. The number of hydrogen-bond donors (Lipinski definition) is 2. The zero-order chi connectivity index (χ0) is 9.80. The van der Waals surface area contributed by atoms with Gasteiger partial charge in [0.05, 0.1) is 12.7 Å². The second-order valence-corrected chi connectivity index (χ2v) is 3.01. The topological polar surface area (TPSA) is 71.4 Å². The van der Waals surface area contributed by atoms with Crippen LogP contribution in [0.2, 0.25) is 0 Å². The summed E-state index contributed by atoms with van der Waals surface area (Å²) < 4.78 is 1.77. The fourth-order valence-corrected chi connectivity index (χ4v) is 1.14. The average molecular weight is 192 g/mol. The van der Waals surface area contributed by atoms with Crippen molar-refractivity contribution in [3.8, 4) is 0 Å². The molecule has 2 heterocycles. The van der Waals surface area contributed by atoms with Crippen molar-refractivity contribution in [3.63, 3.8) is 0 Å². The number of imidazole rings is 1. The average Bonchev–Trinajstić information content (AvgIpc) is 2.77. The van der Waals surface area contributed by atoms with Crippen LogP contribution in [-0.2, 0) is 6.54 Å². The van der Waals surface area contributed by atoms with Crippen molar-refractivity contribution in [2.24, 2.45) is 0 Å². The van der Waals surface area contributed by atoms with E-state index in [4.69, 9.17) is 0 Å². The molecule has 0 aromatic carbocycles. The maximum Gasteiger partial charge on any atom is 0.200 e. The number of hydrogen-bond acceptors (Lipinski definition) is 4. The van der Waals surface area contributed by atoms with E-state index in [2.05, 4.69) is 25.6 Å². The Kier molecular flexibility index (Phi) is 2.44. The second kappa shape index (κ2) is 3.91. The highest BCUT2D eigenvalue weighted by Crippen LogP contribution is 1.99. The molecule has 0 aliphatic rings. The van der Waals surface area contributed by atoms with Crippen molar-refractivity contribution in [3.05, 3.63) is 24.3 Å². The normalized spacial score (nSPS) is 10.4. The Labute approximate surface area is 81.4 Å². The predicted molar refractivity (Wildman–Crippen MR) is 51.8 cm³/mol. The van der Waals surface area contributed by atoms with Gasteiger partial charge in [-0.05, 0) is 6.92 Å². The first-order valence-corrected chi connectivity index (χ1v) is 4.44. The van der Waals surface area contributed by atoms with Crippen LogP contribution in [0.3, 0.4) is 0 Å². The van der Waals surface area contributed by atoms with Crippen LogP contribution in [0.15, 0.2) is 18.6 Å². The van der Waals surface area contributed by atoms with Gasteiger partial charge in [-0.25, -0.2) is 4.98 Å². The molecule has 14 heavy (non-hydrogen) atoms. The highest BCUT2D eigenvalue weighted by atomic mass is 15.4. The number of anilines is 1. The zero-order valence-corrected chi connectivity index (χ0v) is 7.94. The molecule has 0 spiro atoms. The van der Waals surface area contributed by atoms with E-state index < -0.39 is 0 Å². The van der Waals surface area contributed by atoms with Gasteiger partial charge in [0.1, 0.15) is 0 Å². The van der Waals surface area contributed by atoms with Gasteiger partial charge < -0.3 is 10.3 Å². The zero-order valence-electron chi connectivity index (χ0n) is 7.94. The van der Waals surface area contributed by atoms with E-state index in [1.54, 1.807) is 17.1 Å². The third-order valence-electron chi connectivity index (χ3n) is 1.81. The molecule has 0 aliphatic heterocycles. The highest BCUT2D eigenvalue weighted by molar-refractivity contribution is 5.25. The van der Waals surface area contributed by atoms with Gasteiger partial charge in [0.2, 0.25) is 0 Å². The number of aromatic nitrogens is 5. The van der Waals surface area contributed by atoms with Crippen LogP contribution >= 0.6 is 0 Å². The number of aromatic amines is 1. The third kappa shape index (κ3) is 2.09. The Morgan fingerprint density at radius 2 is 2.50 bits per heavy atom. The summed E-state index contributed by atoms with van der Waals surface area (Å²) in [5.74, 6) is 0.794. The van der Waals surface area contributed by atoms with Gasteiger partial charge in [0.25, 0.3) is 0 Å². The largest absolute Gasteiger partial charge is 0.354 e. The quantitative estimate of drug-likeness (QED) is 0.736. The Hall–Kier alpha value is -1.85. The standard InChI is InChI=1S/C8H12N6/c1-7-6-10-8(12-7)9-2-4-14-5-3-11-13-14/h3,5-6H,2,4H2,1H3,(H2,9,10,12). The van der Waals surface area contributed by atoms with Crippen molar-refractivity contribution < 1.29 is 0 Å². The summed E-state index contributed by atoms with van der Waals surface area (Å²) in [6.07, 6.45) is 5.28. The van der Waals surface area contributed by atoms with Crippen molar-refractivity contribution in [2.75, 3.05) is 11.9 Å². The lowest BCUT2D eigenvalue weighted by Crippen LogP contribution is -2.11. The fourth-order valence-electron chi connectivity index (χ4n) is 1.14. The summed E-state index contributed by atoms with van der Waals surface area (Å²) in [6, 6.07) is 0. The van der Waals surface area contributed by atoms with E-state index in [9.17, 15) is 0 Å². The predicted octanol–water partition coefficient (Wildman–Crippen LogP) is 0.422. The highest BCUT2D eigenvalue weighted by Gasteiger charge is 1.95. The van der Waals surface area contributed by atoms with E-state index in [1.807, 2.05) is 13.1 Å². The van der Waals surface area contributed by atoms with Crippen LogP contribution in [-0.4, -0.2) is 31.5 Å². The molecule has 0 saturated carbocycles. The van der Waals surface area contributed by atoms with Gasteiger partial charge in [0.15, 0.2) is 5.95 Å². The molecule has 0 radical (unpaired) electrons. The van der Waals surface area contributed by atoms with E-state index in [0.717, 1.165) is 24.7 Å². The van der Waals surface area contributed by atoms with Crippen molar-refractivity contribution in [1.29, 1.82) is 0 Å². The molecule has 0 amide bonds. The Morgan fingerprint density at radius 1 is 1.57 bits per heavy atom. The second-order valence-electron chi connectivity index (χ2n) is 3.01. The fraction of sp³-hybridized carbons (Fsp3) is 0.375. The Balaban J connectivity index is 1.78. The summed E-state index contributed by atoms with van der Waals surface area (Å²) in [4.78, 5) is 7.21. The minimum absolute atomic E-state index is 0.774. The van der Waals surface area contributed by atoms with Crippen LogP contribution < -0.4 is 5.32 Å². The molecule has 2 aromatic heterocycles. The lowest BCUT2D eigenvalue weighted by atomic mass is 10.6. The minimum Gasteiger partial charge on any atom is -0.354 e. The number of aryl methyl sites for hydroxylation is 1. The third-order valence-corrected chi connectivity index (χ3v) is 1.81. The monoisotopic (exact) mass is 192 g/mol. The van der Waals surface area contributed by atoms with Crippen LogP contribution in [0.5, 0.6) is 0 Å². The van der Waals surface area contributed by atoms with Gasteiger partial charge in [-0.3, -0.25) is 4.68 Å². The summed E-state index contributed by atoms with van der Waals surface area (Å²) >= 11 is 0. The maximum absolute atomic E-state index is 4.12. The SMILES string of the molecule is Cc1cnc(NCCn2ccnn2)[nH]1. The smallest absolute Gasteiger partial charge is 0.200 e. The van der Waals surface area contributed by atoms with Crippen molar-refractivity contribution in [1.82, 2.24) is 25.0 Å². The lowest BCUT2D eigenvalue weighted by Gasteiger charge is -2.01. The summed E-state index contributed by atoms with van der Waals surface area (Å²) in [7, 11) is 0. The molecule has 0 aliphatic carbocycles. The van der Waals surface area contributed by atoms with Crippen molar-refractivity contribution >= 4 is 5.95 Å². The van der Waals surface area contributed by atoms with Crippen molar-refractivity contribution in [2.45, 2.75) is 13.5 Å². The van der Waals surface area contributed by atoms with Gasteiger partial charge >= 0.3 is 0 Å². The van der Waals surface area contributed by atoms with Gasteiger partial charge in [-0.15, -0.1) is 5.10 Å². The molecular formula is C8H12N6. The molecule has 6 nitrogen and oxygen atoms in total. The molecule has 74 valence electrons. The Morgan fingerprint density at radius 3 is 3.14 bits per heavy atom. The van der Waals surface area contributed by atoms with Gasteiger partial charge in [0, 0.05) is 24.6 Å². The minimum atomic E-state index is 0.774. The lowest BCUT2D eigenvalue weighted by molar-refractivity contribution is 0.608. The summed E-state index contributed by atoms with van der Waals surface area (Å²) in [5, 5.41) is 10.7. The molecule has 0 saturated heterocycles. The molecule has 0 atom stereocenters. The first kappa shape index (κ1) is 8.74. The molecular weight excluding hydrogens is 180 g/mol. The van der Waals surface area contributed by atoms with Crippen LogP contribution in [0.4, 0.5) is 5.95 Å². The number of rotatable bonds is 4. The number of nitrogens with zero attached hydrogens (tertiary/aromatic N) is 4. The number of nitrogens with one attached hydrogen (secondary N) is 2. The van der Waals surface area contributed by atoms with E-state index in [1.165, 1.54) is 0 Å². The molecule has 2 rings (SSSR count). The first-order chi connectivity index (χ1) is 6.84. The van der Waals surface area contributed by atoms with E-state index in [-0.39, 0.29) is 0 Å². The van der Waals surface area contributed by atoms with E-state index in [0.29, 0.717) is 0 Å². The van der Waals surface area contributed by atoms with Crippen LogP contribution in [0, 0.1) is 6.92 Å². The van der Waals surface area contributed by atoms with E-state index >= 15 is 0 Å². The first-order valence-electron chi connectivity index (χ1n) is 4.44. The molecule has 2 aromatic rings. The van der Waals surface area contributed by atoms with Gasteiger partial charge in [-0.1, -0.05) is 5.21 Å². The summed E-state index contributed by atoms with van der Waals surface area (Å²) in [5.41, 5.74) is 1.05. The Bertz CT molecular complexity index is 376. The molecule has 0 bridgehead atoms. The molecule has 2 N–H and O–H groups in total.